The number of nitrogens with zero attached hydrogens (tertiary/aromatic N) is 5. The number of rotatable bonds is 8. The van der Waals surface area contributed by atoms with Gasteiger partial charge >= 0.3 is 0 Å². The highest BCUT2D eigenvalue weighted by atomic mass is 32.2. The zero-order valence-electron chi connectivity index (χ0n) is 16.8. The van der Waals surface area contributed by atoms with Gasteiger partial charge in [-0.3, -0.25) is 4.99 Å². The van der Waals surface area contributed by atoms with Crippen LogP contribution in [0.15, 0.2) is 26.7 Å². The van der Waals surface area contributed by atoms with E-state index in [0.29, 0.717) is 42.2 Å². The van der Waals surface area contributed by atoms with Crippen LogP contribution in [0.1, 0.15) is 18.1 Å². The summed E-state index contributed by atoms with van der Waals surface area (Å²) >= 11 is 1.22. The predicted octanol–water partition coefficient (Wildman–Crippen LogP) is 0.287. The number of methoxy groups -OCH3 is 1. The summed E-state index contributed by atoms with van der Waals surface area (Å²) in [6, 6.07) is 3.51. The highest BCUT2D eigenvalue weighted by Crippen LogP contribution is 2.19. The minimum atomic E-state index is -3.44. The van der Waals surface area contributed by atoms with Gasteiger partial charge in [-0.1, -0.05) is 6.07 Å². The predicted molar refractivity (Wildman–Crippen MR) is 111 cm³/mol. The molecular formula is C17H27N7O3S2. The molecule has 1 unspecified atom stereocenters. The van der Waals surface area contributed by atoms with Crippen LogP contribution < -0.4 is 10.6 Å². The summed E-state index contributed by atoms with van der Waals surface area (Å²) in [5.74, 6) is 2.30. The molecule has 0 bridgehead atoms. The number of ether oxygens (including phenoxy) is 1. The van der Waals surface area contributed by atoms with Gasteiger partial charge in [0.15, 0.2) is 11.8 Å². The molecule has 0 spiro atoms. The first-order valence-corrected chi connectivity index (χ1v) is 11.6. The highest BCUT2D eigenvalue weighted by molar-refractivity contribution is 7.91. The number of aromatic nitrogens is 3. The van der Waals surface area contributed by atoms with E-state index in [1.54, 1.807) is 38.7 Å². The fourth-order valence-corrected chi connectivity index (χ4v) is 5.45. The number of guanidine groups is 1. The van der Waals surface area contributed by atoms with Gasteiger partial charge in [-0.05, 0) is 17.9 Å². The lowest BCUT2D eigenvalue weighted by Gasteiger charge is -2.25. The SMILES string of the molecule is CN=C(NCCN(C)S(=O)(=O)c1cccs1)NC1CCc2nc(COC)nn2C1. The Labute approximate surface area is 175 Å². The number of likely N-dealkylation sites (N-methyl/N-ethyl adjacent to an activating group) is 1. The van der Waals surface area contributed by atoms with Crippen molar-refractivity contribution in [2.75, 3.05) is 34.3 Å². The number of hydrogen-bond acceptors (Lipinski definition) is 7. The van der Waals surface area contributed by atoms with Gasteiger partial charge in [0.1, 0.15) is 16.6 Å². The summed E-state index contributed by atoms with van der Waals surface area (Å²) in [4.78, 5) is 8.72. The van der Waals surface area contributed by atoms with Gasteiger partial charge in [0, 0.05) is 46.8 Å². The monoisotopic (exact) mass is 441 g/mol. The Balaban J connectivity index is 1.48. The second-order valence-electron chi connectivity index (χ2n) is 6.70. The number of nitrogens with one attached hydrogen (secondary N) is 2. The lowest BCUT2D eigenvalue weighted by Crippen LogP contribution is -2.48. The summed E-state index contributed by atoms with van der Waals surface area (Å²) in [5.41, 5.74) is 0. The minimum absolute atomic E-state index is 0.165. The molecule has 1 atom stereocenters. The first-order chi connectivity index (χ1) is 13.9. The standard InChI is InChI=1S/C17H27N7O3S2/c1-18-17(19-8-9-23(2)29(25,26)16-5-4-10-28-16)20-13-6-7-15-21-14(12-27-3)22-24(15)11-13/h4-5,10,13H,6-9,11-12H2,1-3H3,(H2,18,19,20). The average molecular weight is 442 g/mol. The summed E-state index contributed by atoms with van der Waals surface area (Å²) in [7, 11) is 1.46. The van der Waals surface area contributed by atoms with Crippen molar-refractivity contribution in [3.05, 3.63) is 29.2 Å². The van der Waals surface area contributed by atoms with Gasteiger partial charge in [-0.15, -0.1) is 11.3 Å². The second kappa shape index (κ2) is 9.65. The van der Waals surface area contributed by atoms with Crippen LogP contribution in [-0.4, -0.2) is 73.8 Å². The van der Waals surface area contributed by atoms with Crippen molar-refractivity contribution in [2.24, 2.45) is 4.99 Å². The van der Waals surface area contributed by atoms with Crippen LogP contribution in [0.2, 0.25) is 0 Å². The number of fused-ring (bicyclic) bond motifs is 1. The maximum Gasteiger partial charge on any atom is 0.252 e. The zero-order valence-corrected chi connectivity index (χ0v) is 18.5. The lowest BCUT2D eigenvalue weighted by atomic mass is 10.1. The average Bonchev–Trinajstić information content (AvgIpc) is 3.37. The van der Waals surface area contributed by atoms with E-state index in [9.17, 15) is 8.42 Å². The lowest BCUT2D eigenvalue weighted by molar-refractivity contribution is 0.177. The van der Waals surface area contributed by atoms with Crippen molar-refractivity contribution in [3.63, 3.8) is 0 Å². The molecule has 2 aromatic rings. The van der Waals surface area contributed by atoms with E-state index >= 15 is 0 Å². The van der Waals surface area contributed by atoms with Crippen LogP contribution >= 0.6 is 11.3 Å². The molecule has 0 aliphatic carbocycles. The molecule has 2 aromatic heterocycles. The van der Waals surface area contributed by atoms with Crippen LogP contribution in [0, 0.1) is 0 Å². The second-order valence-corrected chi connectivity index (χ2v) is 9.92. The third-order valence-electron chi connectivity index (χ3n) is 4.62. The Bertz CT molecular complexity index is 925. The van der Waals surface area contributed by atoms with Gasteiger partial charge in [0.25, 0.3) is 10.0 Å². The molecule has 12 heteroatoms. The van der Waals surface area contributed by atoms with Crippen LogP contribution in [-0.2, 0) is 34.3 Å². The van der Waals surface area contributed by atoms with Gasteiger partial charge in [-0.25, -0.2) is 18.1 Å². The van der Waals surface area contributed by atoms with E-state index in [1.807, 2.05) is 4.68 Å². The quantitative estimate of drug-likeness (QED) is 0.447. The molecule has 0 radical (unpaired) electrons. The summed E-state index contributed by atoms with van der Waals surface area (Å²) in [5, 5.41) is 12.8. The molecule has 2 N–H and O–H groups in total. The summed E-state index contributed by atoms with van der Waals surface area (Å²) in [6.45, 7) is 1.88. The van der Waals surface area contributed by atoms with E-state index in [1.165, 1.54) is 15.6 Å². The minimum Gasteiger partial charge on any atom is -0.377 e. The Morgan fingerprint density at radius 1 is 1.52 bits per heavy atom. The van der Waals surface area contributed by atoms with Crippen molar-refractivity contribution in [1.29, 1.82) is 0 Å². The fourth-order valence-electron chi connectivity index (χ4n) is 3.07. The van der Waals surface area contributed by atoms with Crippen molar-refractivity contribution >= 4 is 27.3 Å². The van der Waals surface area contributed by atoms with Crippen molar-refractivity contribution in [1.82, 2.24) is 29.7 Å². The number of hydrogen-bond donors (Lipinski definition) is 2. The van der Waals surface area contributed by atoms with Crippen LogP contribution in [0.3, 0.4) is 0 Å². The number of aliphatic imine (C=N–C) groups is 1. The van der Waals surface area contributed by atoms with Crippen LogP contribution in [0.4, 0.5) is 0 Å². The van der Waals surface area contributed by atoms with E-state index in [0.717, 1.165) is 18.7 Å². The summed E-state index contributed by atoms with van der Waals surface area (Å²) in [6.07, 6.45) is 1.74. The van der Waals surface area contributed by atoms with Crippen LogP contribution in [0.5, 0.6) is 0 Å². The molecule has 0 aromatic carbocycles. The van der Waals surface area contributed by atoms with E-state index in [2.05, 4.69) is 25.7 Å². The van der Waals surface area contributed by atoms with Crippen molar-refractivity contribution in [2.45, 2.75) is 36.2 Å². The van der Waals surface area contributed by atoms with Gasteiger partial charge in [-0.2, -0.15) is 9.40 Å². The molecule has 0 saturated heterocycles. The number of sulfonamides is 1. The Hall–Kier alpha value is -2.02. The molecule has 0 amide bonds. The van der Waals surface area contributed by atoms with E-state index in [-0.39, 0.29) is 6.04 Å². The van der Waals surface area contributed by atoms with E-state index in [4.69, 9.17) is 4.74 Å². The smallest absolute Gasteiger partial charge is 0.252 e. The molecular weight excluding hydrogens is 414 g/mol. The molecule has 3 rings (SSSR count). The van der Waals surface area contributed by atoms with E-state index < -0.39 is 10.0 Å². The third-order valence-corrected chi connectivity index (χ3v) is 7.85. The highest BCUT2D eigenvalue weighted by Gasteiger charge is 2.23. The number of aryl methyl sites for hydroxylation is 1. The Morgan fingerprint density at radius 3 is 3.03 bits per heavy atom. The normalized spacial score (nSPS) is 17.4. The zero-order chi connectivity index (χ0) is 20.9. The van der Waals surface area contributed by atoms with Gasteiger partial charge in [0.2, 0.25) is 0 Å². The molecule has 160 valence electrons. The Morgan fingerprint density at radius 2 is 2.34 bits per heavy atom. The van der Waals surface area contributed by atoms with Gasteiger partial charge in [0.05, 0.1) is 6.54 Å². The maximum atomic E-state index is 12.5. The van der Waals surface area contributed by atoms with Crippen molar-refractivity contribution in [3.8, 4) is 0 Å². The first kappa shape index (κ1) is 21.7. The summed E-state index contributed by atoms with van der Waals surface area (Å²) < 4.78 is 33.6. The molecule has 10 nitrogen and oxygen atoms in total. The molecule has 3 heterocycles. The molecule has 29 heavy (non-hydrogen) atoms. The largest absolute Gasteiger partial charge is 0.377 e. The van der Waals surface area contributed by atoms with Crippen molar-refractivity contribution < 1.29 is 13.2 Å². The topological polar surface area (TPSA) is 114 Å². The fraction of sp³-hybridized carbons (Fsp3) is 0.588. The van der Waals surface area contributed by atoms with Gasteiger partial charge < -0.3 is 15.4 Å². The first-order valence-electron chi connectivity index (χ1n) is 9.32. The van der Waals surface area contributed by atoms with Crippen LogP contribution in [0.25, 0.3) is 0 Å². The molecule has 0 saturated carbocycles. The third kappa shape index (κ3) is 5.32. The molecule has 1 aliphatic rings. The Kier molecular flexibility index (Phi) is 7.22. The maximum absolute atomic E-state index is 12.5. The molecule has 0 fully saturated rings. The number of thiophene rings is 1. The molecule has 1 aliphatic heterocycles.